The fourth-order valence-corrected chi connectivity index (χ4v) is 4.61. The molecule has 7 heteroatoms. The lowest BCUT2D eigenvalue weighted by molar-refractivity contribution is 0.0495. The summed E-state index contributed by atoms with van der Waals surface area (Å²) in [4.78, 5) is 15.3. The van der Waals surface area contributed by atoms with Crippen LogP contribution in [-0.4, -0.2) is 52.0 Å². The first kappa shape index (κ1) is 20.6. The molecule has 1 aromatic heterocycles. The van der Waals surface area contributed by atoms with E-state index >= 15 is 0 Å². The second-order valence-corrected chi connectivity index (χ2v) is 8.29. The highest BCUT2D eigenvalue weighted by molar-refractivity contribution is 6.00. The molecule has 32 heavy (non-hydrogen) atoms. The van der Waals surface area contributed by atoms with Gasteiger partial charge in [-0.05, 0) is 49.1 Å². The first-order valence-electron chi connectivity index (χ1n) is 11.2. The van der Waals surface area contributed by atoms with Crippen molar-refractivity contribution < 1.29 is 19.4 Å². The normalized spacial score (nSPS) is 20.0. The molecular formula is C25H27N3O4. The van der Waals surface area contributed by atoms with Gasteiger partial charge in [0.05, 0.1) is 18.8 Å². The molecule has 0 saturated carbocycles. The van der Waals surface area contributed by atoms with E-state index in [2.05, 4.69) is 17.1 Å². The monoisotopic (exact) mass is 433 g/mol. The van der Waals surface area contributed by atoms with Gasteiger partial charge in [-0.1, -0.05) is 31.2 Å². The van der Waals surface area contributed by atoms with E-state index in [0.29, 0.717) is 30.1 Å². The molecule has 3 heterocycles. The molecule has 3 aromatic rings. The van der Waals surface area contributed by atoms with Crippen LogP contribution in [0.3, 0.4) is 0 Å². The average molecular weight is 434 g/mol. The molecule has 5 rings (SSSR count). The summed E-state index contributed by atoms with van der Waals surface area (Å²) in [6.45, 7) is 3.94. The van der Waals surface area contributed by atoms with Crippen molar-refractivity contribution in [3.05, 3.63) is 65.4 Å². The Labute approximate surface area is 187 Å². The standard InChI is InChI=1S/C25H27N3O4/c1-2-12-31-17-8-5-7-16(14-17)24-21-22(19-10-3-4-11-20(19)29)26-27-23(21)25(30)28(24)15-18-9-6-13-32-18/h3-5,7-8,10-11,14,18,24,29H,2,6,9,12-13,15H2,1H3,(H,26,27)/t18-,24+/m0/s1. The lowest BCUT2D eigenvalue weighted by atomic mass is 9.95. The first-order valence-corrected chi connectivity index (χ1v) is 11.2. The van der Waals surface area contributed by atoms with Gasteiger partial charge in [0.15, 0.2) is 0 Å². The van der Waals surface area contributed by atoms with E-state index in [4.69, 9.17) is 9.47 Å². The van der Waals surface area contributed by atoms with Crippen molar-refractivity contribution in [1.82, 2.24) is 15.1 Å². The summed E-state index contributed by atoms with van der Waals surface area (Å²) in [5.74, 6) is 0.801. The molecule has 1 saturated heterocycles. The van der Waals surface area contributed by atoms with Crippen molar-refractivity contribution in [2.45, 2.75) is 38.3 Å². The van der Waals surface area contributed by atoms with Gasteiger partial charge in [-0.15, -0.1) is 0 Å². The van der Waals surface area contributed by atoms with Gasteiger partial charge in [-0.25, -0.2) is 0 Å². The zero-order chi connectivity index (χ0) is 22.1. The summed E-state index contributed by atoms with van der Waals surface area (Å²) >= 11 is 0. The van der Waals surface area contributed by atoms with E-state index in [1.54, 1.807) is 12.1 Å². The van der Waals surface area contributed by atoms with Crippen LogP contribution in [0.5, 0.6) is 11.5 Å². The minimum Gasteiger partial charge on any atom is -0.507 e. The van der Waals surface area contributed by atoms with E-state index in [1.807, 2.05) is 41.3 Å². The number of phenolic OH excluding ortho intramolecular Hbond substituents is 1. The SMILES string of the molecule is CCCOc1cccc([C@@H]2c3c(-c4ccccc4O)n[nH]c3C(=O)N2C[C@@H]2CCCO2)c1. The molecule has 0 bridgehead atoms. The van der Waals surface area contributed by atoms with Crippen LogP contribution in [0.15, 0.2) is 48.5 Å². The smallest absolute Gasteiger partial charge is 0.273 e. The van der Waals surface area contributed by atoms with Crippen LogP contribution in [-0.2, 0) is 4.74 Å². The highest BCUT2D eigenvalue weighted by atomic mass is 16.5. The van der Waals surface area contributed by atoms with Crippen LogP contribution in [0.25, 0.3) is 11.3 Å². The first-order chi connectivity index (χ1) is 15.7. The summed E-state index contributed by atoms with van der Waals surface area (Å²) in [6.07, 6.45) is 2.88. The molecule has 1 fully saturated rings. The number of ether oxygens (including phenoxy) is 2. The molecule has 2 aliphatic heterocycles. The Morgan fingerprint density at radius 1 is 1.25 bits per heavy atom. The largest absolute Gasteiger partial charge is 0.507 e. The summed E-state index contributed by atoms with van der Waals surface area (Å²) in [6, 6.07) is 14.6. The molecule has 2 atom stereocenters. The number of nitrogens with zero attached hydrogens (tertiary/aromatic N) is 2. The van der Waals surface area contributed by atoms with Crippen molar-refractivity contribution in [2.75, 3.05) is 19.8 Å². The minimum atomic E-state index is -0.347. The zero-order valence-electron chi connectivity index (χ0n) is 18.1. The third-order valence-electron chi connectivity index (χ3n) is 6.09. The molecule has 2 aliphatic rings. The molecule has 0 unspecified atom stereocenters. The highest BCUT2D eigenvalue weighted by Gasteiger charge is 2.43. The summed E-state index contributed by atoms with van der Waals surface area (Å²) in [7, 11) is 0. The average Bonchev–Trinajstić information content (AvgIpc) is 3.53. The maximum absolute atomic E-state index is 13.5. The molecule has 2 N–H and O–H groups in total. The van der Waals surface area contributed by atoms with E-state index in [9.17, 15) is 9.90 Å². The predicted octanol–water partition coefficient (Wildman–Crippen LogP) is 4.30. The Bertz CT molecular complexity index is 1120. The molecular weight excluding hydrogens is 406 g/mol. The van der Waals surface area contributed by atoms with E-state index in [1.165, 1.54) is 0 Å². The van der Waals surface area contributed by atoms with Crippen LogP contribution in [0.1, 0.15) is 53.8 Å². The number of amides is 1. The predicted molar refractivity (Wildman–Crippen MR) is 120 cm³/mol. The number of aromatic nitrogens is 2. The number of nitrogens with one attached hydrogen (secondary N) is 1. The van der Waals surface area contributed by atoms with Crippen molar-refractivity contribution in [3.63, 3.8) is 0 Å². The van der Waals surface area contributed by atoms with Gasteiger partial charge in [0.2, 0.25) is 0 Å². The van der Waals surface area contributed by atoms with Gasteiger partial charge in [-0.2, -0.15) is 5.10 Å². The van der Waals surface area contributed by atoms with Crippen LogP contribution in [0.2, 0.25) is 0 Å². The molecule has 0 spiro atoms. The lowest BCUT2D eigenvalue weighted by Gasteiger charge is -2.28. The minimum absolute atomic E-state index is 0.0199. The fourth-order valence-electron chi connectivity index (χ4n) is 4.61. The number of fused-ring (bicyclic) bond motifs is 1. The molecule has 7 nitrogen and oxygen atoms in total. The van der Waals surface area contributed by atoms with Gasteiger partial charge < -0.3 is 19.5 Å². The van der Waals surface area contributed by atoms with Crippen LogP contribution in [0, 0.1) is 0 Å². The fraction of sp³-hybridized carbons (Fsp3) is 0.360. The lowest BCUT2D eigenvalue weighted by Crippen LogP contribution is -2.36. The number of benzene rings is 2. The number of phenols is 1. The Kier molecular flexibility index (Phi) is 5.57. The van der Waals surface area contributed by atoms with Crippen molar-refractivity contribution in [2.24, 2.45) is 0 Å². The van der Waals surface area contributed by atoms with Crippen molar-refractivity contribution in [3.8, 4) is 22.8 Å². The van der Waals surface area contributed by atoms with Crippen molar-refractivity contribution >= 4 is 5.91 Å². The van der Waals surface area contributed by atoms with Crippen LogP contribution in [0.4, 0.5) is 0 Å². The third-order valence-corrected chi connectivity index (χ3v) is 6.09. The number of para-hydroxylation sites is 1. The van der Waals surface area contributed by atoms with Gasteiger partial charge >= 0.3 is 0 Å². The van der Waals surface area contributed by atoms with Crippen LogP contribution < -0.4 is 4.74 Å². The second kappa shape index (κ2) is 8.67. The van der Waals surface area contributed by atoms with Gasteiger partial charge in [0, 0.05) is 24.3 Å². The summed E-state index contributed by atoms with van der Waals surface area (Å²) in [5.41, 5.74) is 3.38. The Morgan fingerprint density at radius 2 is 2.12 bits per heavy atom. The van der Waals surface area contributed by atoms with E-state index in [-0.39, 0.29) is 23.8 Å². The third kappa shape index (κ3) is 3.62. The summed E-state index contributed by atoms with van der Waals surface area (Å²) < 4.78 is 11.7. The summed E-state index contributed by atoms with van der Waals surface area (Å²) in [5, 5.41) is 17.9. The number of aromatic hydroxyl groups is 1. The zero-order valence-corrected chi connectivity index (χ0v) is 18.1. The molecule has 0 aliphatic carbocycles. The molecule has 2 aromatic carbocycles. The number of hydrogen-bond acceptors (Lipinski definition) is 5. The number of hydrogen-bond donors (Lipinski definition) is 2. The number of carbonyl (C=O) groups is 1. The van der Waals surface area contributed by atoms with Crippen molar-refractivity contribution in [1.29, 1.82) is 0 Å². The van der Waals surface area contributed by atoms with E-state index < -0.39 is 0 Å². The number of H-pyrrole nitrogens is 1. The van der Waals surface area contributed by atoms with Gasteiger partial charge in [0.1, 0.15) is 22.9 Å². The van der Waals surface area contributed by atoms with Gasteiger partial charge in [-0.3, -0.25) is 9.89 Å². The Morgan fingerprint density at radius 3 is 2.91 bits per heavy atom. The maximum Gasteiger partial charge on any atom is 0.273 e. The van der Waals surface area contributed by atoms with Gasteiger partial charge in [0.25, 0.3) is 5.91 Å². The molecule has 0 radical (unpaired) electrons. The molecule has 166 valence electrons. The van der Waals surface area contributed by atoms with Crippen LogP contribution >= 0.6 is 0 Å². The Balaban J connectivity index is 1.61. The van der Waals surface area contributed by atoms with E-state index in [0.717, 1.165) is 42.7 Å². The second-order valence-electron chi connectivity index (χ2n) is 8.29. The topological polar surface area (TPSA) is 87.7 Å². The molecule has 1 amide bonds. The quantitative estimate of drug-likeness (QED) is 0.580. The Hall–Kier alpha value is -3.32. The maximum atomic E-state index is 13.5. The number of rotatable bonds is 7. The number of carbonyl (C=O) groups excluding carboxylic acids is 1. The highest BCUT2D eigenvalue weighted by Crippen LogP contribution is 2.45. The number of aromatic amines is 1.